The topological polar surface area (TPSA) is 59.1 Å². The van der Waals surface area contributed by atoms with Gasteiger partial charge >= 0.3 is 0 Å². The molecule has 2 fully saturated rings. The molecule has 2 aliphatic heterocycles. The lowest BCUT2D eigenvalue weighted by Crippen LogP contribution is -2.39. The van der Waals surface area contributed by atoms with Crippen LogP contribution in [0.2, 0.25) is 0 Å². The predicted octanol–water partition coefficient (Wildman–Crippen LogP) is 3.28. The summed E-state index contributed by atoms with van der Waals surface area (Å²) < 4.78 is 10.9. The summed E-state index contributed by atoms with van der Waals surface area (Å²) in [4.78, 5) is 26.3. The zero-order chi connectivity index (χ0) is 19.5. The van der Waals surface area contributed by atoms with Crippen LogP contribution in [0.15, 0.2) is 48.5 Å². The standard InChI is InChI=1S/C23H25NO4/c1-27-20-5-3-2-4-19(20)23(26)18-8-6-17(7-9-18)22(21-15-28-21)24-12-10-16(14-25)11-13-24/h2-9,14,16,21-22H,10-13,15H2,1H3. The lowest BCUT2D eigenvalue weighted by molar-refractivity contribution is -0.112. The number of epoxide rings is 1. The molecule has 0 spiro atoms. The van der Waals surface area contributed by atoms with E-state index in [1.807, 2.05) is 36.4 Å². The number of carbonyl (C=O) groups is 2. The molecule has 28 heavy (non-hydrogen) atoms. The maximum atomic E-state index is 12.9. The molecular formula is C23H25NO4. The number of carbonyl (C=O) groups excluding carboxylic acids is 2. The van der Waals surface area contributed by atoms with E-state index < -0.39 is 0 Å². The second-order valence-corrected chi connectivity index (χ2v) is 7.48. The van der Waals surface area contributed by atoms with E-state index in [1.165, 1.54) is 0 Å². The Morgan fingerprint density at radius 2 is 1.82 bits per heavy atom. The van der Waals surface area contributed by atoms with Crippen LogP contribution in [-0.2, 0) is 9.53 Å². The molecule has 0 radical (unpaired) electrons. The lowest BCUT2D eigenvalue weighted by atomic mass is 9.93. The third-order valence-electron chi connectivity index (χ3n) is 5.74. The Bertz CT molecular complexity index is 836. The van der Waals surface area contributed by atoms with Crippen molar-refractivity contribution in [3.05, 3.63) is 65.2 Å². The summed E-state index contributed by atoms with van der Waals surface area (Å²) in [6, 6.07) is 15.3. The number of rotatable bonds is 7. The fourth-order valence-electron chi connectivity index (χ4n) is 4.05. The van der Waals surface area contributed by atoms with Crippen molar-refractivity contribution >= 4 is 12.1 Å². The summed E-state index contributed by atoms with van der Waals surface area (Å²) in [5.41, 5.74) is 2.36. The Kier molecular flexibility index (Phi) is 5.55. The molecule has 146 valence electrons. The predicted molar refractivity (Wildman–Crippen MR) is 106 cm³/mol. The summed E-state index contributed by atoms with van der Waals surface area (Å²) >= 11 is 0. The first kappa shape index (κ1) is 18.8. The van der Waals surface area contributed by atoms with Crippen LogP contribution < -0.4 is 4.74 Å². The molecule has 0 N–H and O–H groups in total. The zero-order valence-corrected chi connectivity index (χ0v) is 16.0. The highest BCUT2D eigenvalue weighted by atomic mass is 16.6. The quantitative estimate of drug-likeness (QED) is 0.420. The van der Waals surface area contributed by atoms with Gasteiger partial charge < -0.3 is 14.3 Å². The van der Waals surface area contributed by atoms with Crippen LogP contribution in [0.25, 0.3) is 0 Å². The molecule has 2 heterocycles. The van der Waals surface area contributed by atoms with E-state index in [1.54, 1.807) is 19.2 Å². The van der Waals surface area contributed by atoms with Gasteiger partial charge in [-0.15, -0.1) is 0 Å². The molecule has 2 aliphatic rings. The SMILES string of the molecule is COc1ccccc1C(=O)c1ccc(C(C2CO2)N2CCC(C=O)CC2)cc1. The Hall–Kier alpha value is -2.50. The molecule has 2 saturated heterocycles. The molecule has 0 aliphatic carbocycles. The third kappa shape index (κ3) is 3.86. The highest BCUT2D eigenvalue weighted by Crippen LogP contribution is 2.36. The molecule has 0 bridgehead atoms. The smallest absolute Gasteiger partial charge is 0.196 e. The van der Waals surface area contributed by atoms with E-state index in [0.29, 0.717) is 16.9 Å². The van der Waals surface area contributed by atoms with E-state index in [-0.39, 0.29) is 23.8 Å². The van der Waals surface area contributed by atoms with Crippen LogP contribution in [0.1, 0.15) is 40.4 Å². The maximum Gasteiger partial charge on any atom is 0.196 e. The Morgan fingerprint density at radius 1 is 1.14 bits per heavy atom. The summed E-state index contributed by atoms with van der Waals surface area (Å²) in [7, 11) is 1.57. The summed E-state index contributed by atoms with van der Waals surface area (Å²) in [5.74, 6) is 0.715. The van der Waals surface area contributed by atoms with Gasteiger partial charge in [-0.1, -0.05) is 36.4 Å². The van der Waals surface area contributed by atoms with E-state index in [0.717, 1.165) is 44.4 Å². The van der Waals surface area contributed by atoms with Gasteiger partial charge in [0.2, 0.25) is 0 Å². The minimum Gasteiger partial charge on any atom is -0.496 e. The summed E-state index contributed by atoms with van der Waals surface area (Å²) in [6.07, 6.45) is 3.08. The van der Waals surface area contributed by atoms with Crippen LogP contribution in [0.4, 0.5) is 0 Å². The monoisotopic (exact) mass is 379 g/mol. The van der Waals surface area contributed by atoms with Gasteiger partial charge in [0.15, 0.2) is 5.78 Å². The van der Waals surface area contributed by atoms with E-state index in [9.17, 15) is 9.59 Å². The molecule has 2 aromatic rings. The Labute approximate surface area is 165 Å². The molecule has 2 unspecified atom stereocenters. The fourth-order valence-corrected chi connectivity index (χ4v) is 4.05. The van der Waals surface area contributed by atoms with Gasteiger partial charge in [0.05, 0.1) is 25.3 Å². The Morgan fingerprint density at radius 3 is 2.43 bits per heavy atom. The fraction of sp³-hybridized carbons (Fsp3) is 0.391. The van der Waals surface area contributed by atoms with E-state index in [4.69, 9.17) is 9.47 Å². The normalized spacial score (nSPS) is 21.1. The summed E-state index contributed by atoms with van der Waals surface area (Å²) in [6.45, 7) is 2.56. The Balaban J connectivity index is 1.53. The number of para-hydroxylation sites is 1. The molecule has 4 rings (SSSR count). The van der Waals surface area contributed by atoms with Crippen molar-refractivity contribution in [1.82, 2.24) is 4.90 Å². The number of likely N-dealkylation sites (tertiary alicyclic amines) is 1. The number of ether oxygens (including phenoxy) is 2. The van der Waals surface area contributed by atoms with Crippen molar-refractivity contribution in [3.63, 3.8) is 0 Å². The number of methoxy groups -OCH3 is 1. The third-order valence-corrected chi connectivity index (χ3v) is 5.74. The van der Waals surface area contributed by atoms with Crippen LogP contribution >= 0.6 is 0 Å². The first-order valence-electron chi connectivity index (χ1n) is 9.80. The highest BCUT2D eigenvalue weighted by molar-refractivity contribution is 6.10. The maximum absolute atomic E-state index is 12.9. The van der Waals surface area contributed by atoms with E-state index in [2.05, 4.69) is 4.90 Å². The average Bonchev–Trinajstić information content (AvgIpc) is 3.59. The second-order valence-electron chi connectivity index (χ2n) is 7.48. The van der Waals surface area contributed by atoms with Crippen LogP contribution in [-0.4, -0.2) is 49.9 Å². The van der Waals surface area contributed by atoms with Crippen molar-refractivity contribution in [3.8, 4) is 5.75 Å². The number of benzene rings is 2. The molecule has 2 aromatic carbocycles. The largest absolute Gasteiger partial charge is 0.496 e. The van der Waals surface area contributed by atoms with Crippen LogP contribution in [0.3, 0.4) is 0 Å². The minimum absolute atomic E-state index is 0.0463. The second kappa shape index (κ2) is 8.25. The number of ketones is 1. The molecule has 0 aromatic heterocycles. The van der Waals surface area contributed by atoms with Gasteiger partial charge in [-0.25, -0.2) is 0 Å². The number of nitrogens with zero attached hydrogens (tertiary/aromatic N) is 1. The van der Waals surface area contributed by atoms with Gasteiger partial charge in [0.1, 0.15) is 18.1 Å². The molecule has 5 nitrogen and oxygen atoms in total. The zero-order valence-electron chi connectivity index (χ0n) is 16.0. The molecular weight excluding hydrogens is 354 g/mol. The van der Waals surface area contributed by atoms with Gasteiger partial charge in [-0.3, -0.25) is 9.69 Å². The molecule has 0 amide bonds. The van der Waals surface area contributed by atoms with Crippen molar-refractivity contribution in [2.24, 2.45) is 5.92 Å². The van der Waals surface area contributed by atoms with Gasteiger partial charge in [-0.05, 0) is 43.6 Å². The van der Waals surface area contributed by atoms with Crippen LogP contribution in [0.5, 0.6) is 5.75 Å². The van der Waals surface area contributed by atoms with Gasteiger partial charge in [0, 0.05) is 11.5 Å². The van der Waals surface area contributed by atoms with Crippen molar-refractivity contribution < 1.29 is 19.1 Å². The number of aldehydes is 1. The first-order valence-corrected chi connectivity index (χ1v) is 9.80. The minimum atomic E-state index is -0.0463. The number of piperidine rings is 1. The van der Waals surface area contributed by atoms with Crippen molar-refractivity contribution in [2.75, 3.05) is 26.8 Å². The van der Waals surface area contributed by atoms with Gasteiger partial charge in [0.25, 0.3) is 0 Å². The first-order chi connectivity index (χ1) is 13.7. The average molecular weight is 379 g/mol. The summed E-state index contributed by atoms with van der Waals surface area (Å²) in [5, 5.41) is 0. The molecule has 5 heteroatoms. The number of hydrogen-bond acceptors (Lipinski definition) is 5. The molecule has 0 saturated carbocycles. The number of hydrogen-bond donors (Lipinski definition) is 0. The lowest BCUT2D eigenvalue weighted by Gasteiger charge is -2.36. The molecule has 2 atom stereocenters. The van der Waals surface area contributed by atoms with Crippen molar-refractivity contribution in [2.45, 2.75) is 25.0 Å². The van der Waals surface area contributed by atoms with Crippen LogP contribution in [0, 0.1) is 5.92 Å². The highest BCUT2D eigenvalue weighted by Gasteiger charge is 2.39. The van der Waals surface area contributed by atoms with Crippen molar-refractivity contribution in [1.29, 1.82) is 0 Å². The van der Waals surface area contributed by atoms with Gasteiger partial charge in [-0.2, -0.15) is 0 Å². The van der Waals surface area contributed by atoms with E-state index >= 15 is 0 Å².